The van der Waals surface area contributed by atoms with Crippen molar-refractivity contribution in [2.75, 3.05) is 43.4 Å². The molecule has 5 nitrogen and oxygen atoms in total. The number of rotatable bonds is 4. The molecule has 2 heterocycles. The molecular weight excluding hydrogens is 250 g/mol. The van der Waals surface area contributed by atoms with Gasteiger partial charge in [-0.3, -0.25) is 4.90 Å². The van der Waals surface area contributed by atoms with Gasteiger partial charge in [0, 0.05) is 43.5 Å². The number of likely N-dealkylation sites (N-methyl/N-ethyl adjacent to an activating group) is 1. The molecule has 1 aromatic heterocycles. The molecule has 2 rings (SSSR count). The molecule has 5 heteroatoms. The largest absolute Gasteiger partial charge is 0.354 e. The Morgan fingerprint density at radius 2 is 2.10 bits per heavy atom. The van der Waals surface area contributed by atoms with E-state index >= 15 is 0 Å². The van der Waals surface area contributed by atoms with E-state index in [1.54, 1.807) is 0 Å². The third kappa shape index (κ3) is 3.20. The van der Waals surface area contributed by atoms with Gasteiger partial charge >= 0.3 is 0 Å². The van der Waals surface area contributed by atoms with Crippen molar-refractivity contribution in [2.45, 2.75) is 39.7 Å². The van der Waals surface area contributed by atoms with Gasteiger partial charge in [-0.05, 0) is 34.2 Å². The van der Waals surface area contributed by atoms with Gasteiger partial charge in [-0.2, -0.15) is 4.98 Å². The highest BCUT2D eigenvalue weighted by Crippen LogP contribution is 2.25. The summed E-state index contributed by atoms with van der Waals surface area (Å²) in [4.78, 5) is 13.9. The van der Waals surface area contributed by atoms with Crippen LogP contribution in [0.15, 0.2) is 6.20 Å². The number of aryl methyl sites for hydroxylation is 1. The van der Waals surface area contributed by atoms with Crippen LogP contribution < -0.4 is 10.2 Å². The predicted molar refractivity (Wildman–Crippen MR) is 84.5 cm³/mol. The van der Waals surface area contributed by atoms with Crippen LogP contribution in [0.3, 0.4) is 0 Å². The molecule has 20 heavy (non-hydrogen) atoms. The summed E-state index contributed by atoms with van der Waals surface area (Å²) >= 11 is 0. The van der Waals surface area contributed by atoms with Crippen LogP contribution in [0.25, 0.3) is 0 Å². The van der Waals surface area contributed by atoms with Crippen molar-refractivity contribution >= 4 is 11.8 Å². The lowest BCUT2D eigenvalue weighted by Crippen LogP contribution is -2.58. The summed E-state index contributed by atoms with van der Waals surface area (Å²) in [5.74, 6) is 1.81. The zero-order valence-corrected chi connectivity index (χ0v) is 13.4. The molecule has 1 aromatic rings. The highest BCUT2D eigenvalue weighted by Gasteiger charge is 2.32. The number of hydrogen-bond acceptors (Lipinski definition) is 5. The van der Waals surface area contributed by atoms with E-state index in [1.807, 2.05) is 6.20 Å². The van der Waals surface area contributed by atoms with E-state index in [2.05, 4.69) is 54.8 Å². The molecule has 1 aliphatic rings. The predicted octanol–water partition coefficient (Wildman–Crippen LogP) is 2.14. The molecule has 0 aromatic carbocycles. The Balaban J connectivity index is 2.19. The summed E-state index contributed by atoms with van der Waals surface area (Å²) in [6.07, 6.45) is 3.00. The molecule has 112 valence electrons. The monoisotopic (exact) mass is 277 g/mol. The molecule has 0 spiro atoms. The molecule has 1 aliphatic heterocycles. The van der Waals surface area contributed by atoms with E-state index in [-0.39, 0.29) is 5.54 Å². The third-order valence-electron chi connectivity index (χ3n) is 4.09. The van der Waals surface area contributed by atoms with Crippen LogP contribution in [0.5, 0.6) is 0 Å². The Morgan fingerprint density at radius 3 is 2.75 bits per heavy atom. The summed E-state index contributed by atoms with van der Waals surface area (Å²) in [6, 6.07) is 0. The van der Waals surface area contributed by atoms with Crippen LogP contribution in [0, 0.1) is 6.92 Å². The van der Waals surface area contributed by atoms with Crippen LogP contribution in [-0.2, 0) is 0 Å². The van der Waals surface area contributed by atoms with Gasteiger partial charge in [0.2, 0.25) is 5.95 Å². The first-order chi connectivity index (χ1) is 9.44. The maximum absolute atomic E-state index is 4.71. The number of aromatic nitrogens is 2. The van der Waals surface area contributed by atoms with E-state index < -0.39 is 0 Å². The van der Waals surface area contributed by atoms with Gasteiger partial charge in [-0.15, -0.1) is 0 Å². The van der Waals surface area contributed by atoms with Crippen molar-refractivity contribution in [1.82, 2.24) is 14.9 Å². The fraction of sp³-hybridized carbons (Fsp3) is 0.733. The second-order valence-corrected chi connectivity index (χ2v) is 6.28. The van der Waals surface area contributed by atoms with Gasteiger partial charge < -0.3 is 10.2 Å². The summed E-state index contributed by atoms with van der Waals surface area (Å²) < 4.78 is 0. The van der Waals surface area contributed by atoms with Gasteiger partial charge in [0.25, 0.3) is 0 Å². The topological polar surface area (TPSA) is 44.3 Å². The first kappa shape index (κ1) is 15.0. The average molecular weight is 277 g/mol. The van der Waals surface area contributed by atoms with Crippen LogP contribution in [0.4, 0.5) is 11.8 Å². The van der Waals surface area contributed by atoms with E-state index in [0.717, 1.165) is 49.9 Å². The minimum Gasteiger partial charge on any atom is -0.354 e. The van der Waals surface area contributed by atoms with Crippen molar-refractivity contribution in [3.8, 4) is 0 Å². The fourth-order valence-electron chi connectivity index (χ4n) is 2.50. The van der Waals surface area contributed by atoms with Gasteiger partial charge in [-0.1, -0.05) is 6.92 Å². The minimum absolute atomic E-state index is 0.173. The summed E-state index contributed by atoms with van der Waals surface area (Å²) in [5, 5.41) is 3.27. The van der Waals surface area contributed by atoms with Crippen LogP contribution in [-0.4, -0.2) is 53.6 Å². The molecule has 1 N–H and O–H groups in total. The van der Waals surface area contributed by atoms with Gasteiger partial charge in [0.1, 0.15) is 5.82 Å². The van der Waals surface area contributed by atoms with Crippen LogP contribution in [0.1, 0.15) is 32.8 Å². The zero-order valence-electron chi connectivity index (χ0n) is 13.4. The van der Waals surface area contributed by atoms with E-state index in [1.165, 1.54) is 0 Å². The Kier molecular flexibility index (Phi) is 4.48. The minimum atomic E-state index is 0.173. The van der Waals surface area contributed by atoms with Crippen LogP contribution in [0.2, 0.25) is 0 Å². The van der Waals surface area contributed by atoms with Crippen molar-refractivity contribution in [2.24, 2.45) is 0 Å². The lowest BCUT2D eigenvalue weighted by molar-refractivity contribution is 0.138. The van der Waals surface area contributed by atoms with Gasteiger partial charge in [0.05, 0.1) is 0 Å². The zero-order chi connectivity index (χ0) is 14.8. The van der Waals surface area contributed by atoms with E-state index in [0.29, 0.717) is 0 Å². The highest BCUT2D eigenvalue weighted by atomic mass is 15.3. The number of anilines is 2. The third-order valence-corrected chi connectivity index (χ3v) is 4.09. The summed E-state index contributed by atoms with van der Waals surface area (Å²) in [5.41, 5.74) is 1.32. The Labute approximate surface area is 122 Å². The molecular formula is C15H27N5. The number of nitrogens with one attached hydrogen (secondary N) is 1. The molecule has 0 bridgehead atoms. The van der Waals surface area contributed by atoms with Crippen molar-refractivity contribution in [1.29, 1.82) is 0 Å². The first-order valence-electron chi connectivity index (χ1n) is 7.48. The van der Waals surface area contributed by atoms with Crippen molar-refractivity contribution in [3.05, 3.63) is 11.8 Å². The standard InChI is InChI=1S/C15H27N5/c1-6-7-16-14-17-10-12(2)13(18-14)20-9-8-19(5)15(3,4)11-20/h10H,6-9,11H2,1-5H3,(H,16,17,18). The van der Waals surface area contributed by atoms with E-state index in [4.69, 9.17) is 4.98 Å². The molecule has 0 amide bonds. The molecule has 0 atom stereocenters. The smallest absolute Gasteiger partial charge is 0.224 e. The Bertz CT molecular complexity index is 458. The second kappa shape index (κ2) is 5.95. The maximum Gasteiger partial charge on any atom is 0.224 e. The summed E-state index contributed by atoms with van der Waals surface area (Å²) in [7, 11) is 2.19. The maximum atomic E-state index is 4.71. The molecule has 0 saturated carbocycles. The number of piperazine rings is 1. The lowest BCUT2D eigenvalue weighted by atomic mass is 9.99. The first-order valence-corrected chi connectivity index (χ1v) is 7.48. The van der Waals surface area contributed by atoms with Crippen molar-refractivity contribution < 1.29 is 0 Å². The highest BCUT2D eigenvalue weighted by molar-refractivity contribution is 5.49. The SMILES string of the molecule is CCCNc1ncc(C)c(N2CCN(C)C(C)(C)C2)n1. The fourth-order valence-corrected chi connectivity index (χ4v) is 2.50. The average Bonchev–Trinajstić information content (AvgIpc) is 2.41. The Morgan fingerprint density at radius 1 is 1.35 bits per heavy atom. The molecule has 0 radical (unpaired) electrons. The van der Waals surface area contributed by atoms with Gasteiger partial charge in [-0.25, -0.2) is 4.98 Å². The second-order valence-electron chi connectivity index (χ2n) is 6.28. The summed E-state index contributed by atoms with van der Waals surface area (Å²) in [6.45, 7) is 12.8. The quantitative estimate of drug-likeness (QED) is 0.913. The Hall–Kier alpha value is -1.36. The van der Waals surface area contributed by atoms with E-state index in [9.17, 15) is 0 Å². The molecule has 1 saturated heterocycles. The van der Waals surface area contributed by atoms with Gasteiger partial charge in [0.15, 0.2) is 0 Å². The molecule has 1 fully saturated rings. The van der Waals surface area contributed by atoms with Crippen molar-refractivity contribution in [3.63, 3.8) is 0 Å². The molecule has 0 aliphatic carbocycles. The van der Waals surface area contributed by atoms with Crippen LogP contribution >= 0.6 is 0 Å². The normalized spacial score (nSPS) is 19.1. The number of hydrogen-bond donors (Lipinski definition) is 1. The lowest BCUT2D eigenvalue weighted by Gasteiger charge is -2.46. The number of nitrogens with zero attached hydrogens (tertiary/aromatic N) is 4. The molecule has 0 unspecified atom stereocenters.